The Kier molecular flexibility index (Phi) is 5.70. The van der Waals surface area contributed by atoms with Crippen LogP contribution in [-0.4, -0.2) is 11.0 Å². The molecule has 2 rings (SSSR count). The van der Waals surface area contributed by atoms with Gasteiger partial charge in [-0.3, -0.25) is 0 Å². The fourth-order valence-corrected chi connectivity index (χ4v) is 2.73. The summed E-state index contributed by atoms with van der Waals surface area (Å²) in [5, 5.41) is 4.41. The van der Waals surface area contributed by atoms with Gasteiger partial charge >= 0.3 is 0 Å². The predicted molar refractivity (Wildman–Crippen MR) is 84.2 cm³/mol. The lowest BCUT2D eigenvalue weighted by molar-refractivity contribution is 0.305. The fraction of sp³-hybridized carbons (Fsp3) is 0.438. The number of ether oxygens (including phenoxy) is 1. The maximum atomic E-state index is 12.8. The Hall–Kier alpha value is -1.46. The smallest absolute Gasteiger partial charge is 0.140 e. The second kappa shape index (κ2) is 7.52. The molecule has 0 bridgehead atoms. The zero-order chi connectivity index (χ0) is 15.2. The van der Waals surface area contributed by atoms with E-state index in [0.717, 1.165) is 23.7 Å². The molecule has 1 aromatic heterocycles. The van der Waals surface area contributed by atoms with Gasteiger partial charge < -0.3 is 10.1 Å². The zero-order valence-corrected chi connectivity index (χ0v) is 13.5. The lowest BCUT2D eigenvalue weighted by Gasteiger charge is -2.09. The van der Waals surface area contributed by atoms with Crippen molar-refractivity contribution in [1.29, 1.82) is 0 Å². The van der Waals surface area contributed by atoms with Crippen LogP contribution >= 0.6 is 11.3 Å². The van der Waals surface area contributed by atoms with E-state index < -0.39 is 0 Å². The summed E-state index contributed by atoms with van der Waals surface area (Å²) in [7, 11) is 0. The Balaban J connectivity index is 1.90. The van der Waals surface area contributed by atoms with E-state index in [-0.39, 0.29) is 5.82 Å². The number of halogens is 1. The highest BCUT2D eigenvalue weighted by molar-refractivity contribution is 7.11. The molecular weight excluding hydrogens is 287 g/mol. The van der Waals surface area contributed by atoms with Crippen LogP contribution in [0.2, 0.25) is 0 Å². The first-order valence-electron chi connectivity index (χ1n) is 7.15. The number of rotatable bonds is 7. The molecule has 3 nitrogen and oxygen atoms in total. The fourth-order valence-electron chi connectivity index (χ4n) is 1.80. The number of hydrogen-bond acceptors (Lipinski definition) is 4. The minimum absolute atomic E-state index is 0.258. The van der Waals surface area contributed by atoms with Crippen molar-refractivity contribution in [3.8, 4) is 5.75 Å². The van der Waals surface area contributed by atoms with Crippen LogP contribution in [0.25, 0.3) is 0 Å². The van der Waals surface area contributed by atoms with Gasteiger partial charge in [0, 0.05) is 17.5 Å². The Morgan fingerprint density at radius 2 is 2.05 bits per heavy atom. The van der Waals surface area contributed by atoms with Crippen molar-refractivity contribution in [2.75, 3.05) is 0 Å². The minimum atomic E-state index is -0.258. The Morgan fingerprint density at radius 1 is 1.33 bits per heavy atom. The van der Waals surface area contributed by atoms with Gasteiger partial charge in [-0.2, -0.15) is 0 Å². The minimum Gasteiger partial charge on any atom is -0.486 e. The molecule has 0 aliphatic heterocycles. The third-order valence-corrected chi connectivity index (χ3v) is 4.47. The van der Waals surface area contributed by atoms with Gasteiger partial charge in [0.15, 0.2) is 0 Å². The van der Waals surface area contributed by atoms with Gasteiger partial charge in [0.1, 0.15) is 23.2 Å². The largest absolute Gasteiger partial charge is 0.486 e. The number of aromatic nitrogens is 1. The standard InChI is InChI=1S/C16H21FN2OS/c1-4-11(2)18-9-15-12(3)19-16(21-15)10-20-14-7-5-13(17)6-8-14/h5-8,11,18H,4,9-10H2,1-3H3. The highest BCUT2D eigenvalue weighted by Gasteiger charge is 2.09. The number of thiazole rings is 1. The molecular formula is C16H21FN2OS. The number of nitrogens with one attached hydrogen (secondary N) is 1. The number of aryl methyl sites for hydroxylation is 1. The quantitative estimate of drug-likeness (QED) is 0.837. The lowest BCUT2D eigenvalue weighted by atomic mass is 10.2. The van der Waals surface area contributed by atoms with Crippen LogP contribution in [0.5, 0.6) is 5.75 Å². The third kappa shape index (κ3) is 4.79. The van der Waals surface area contributed by atoms with Crippen molar-refractivity contribution < 1.29 is 9.13 Å². The van der Waals surface area contributed by atoms with Gasteiger partial charge in [-0.15, -0.1) is 11.3 Å². The van der Waals surface area contributed by atoms with Crippen LogP contribution in [0, 0.1) is 12.7 Å². The molecule has 114 valence electrons. The van der Waals surface area contributed by atoms with Crippen molar-refractivity contribution in [2.24, 2.45) is 0 Å². The number of nitrogens with zero attached hydrogens (tertiary/aromatic N) is 1. The SMILES string of the molecule is CCC(C)NCc1sc(COc2ccc(F)cc2)nc1C. The van der Waals surface area contributed by atoms with Gasteiger partial charge in [0.05, 0.1) is 5.69 Å². The molecule has 1 aromatic carbocycles. The van der Waals surface area contributed by atoms with Crippen LogP contribution in [-0.2, 0) is 13.2 Å². The Bertz CT molecular complexity index is 568. The first kappa shape index (κ1) is 15.9. The molecule has 1 unspecified atom stereocenters. The number of hydrogen-bond donors (Lipinski definition) is 1. The van der Waals surface area contributed by atoms with Gasteiger partial charge in [-0.25, -0.2) is 9.37 Å². The maximum Gasteiger partial charge on any atom is 0.140 e. The summed E-state index contributed by atoms with van der Waals surface area (Å²) < 4.78 is 18.4. The van der Waals surface area contributed by atoms with Crippen molar-refractivity contribution >= 4 is 11.3 Å². The molecule has 21 heavy (non-hydrogen) atoms. The topological polar surface area (TPSA) is 34.1 Å². The second-order valence-electron chi connectivity index (χ2n) is 5.05. The summed E-state index contributed by atoms with van der Waals surface area (Å²) in [5.41, 5.74) is 1.05. The van der Waals surface area contributed by atoms with Crippen molar-refractivity contribution in [2.45, 2.75) is 46.4 Å². The summed E-state index contributed by atoms with van der Waals surface area (Å²) in [6.07, 6.45) is 1.11. The van der Waals surface area contributed by atoms with E-state index in [1.807, 2.05) is 6.92 Å². The first-order valence-corrected chi connectivity index (χ1v) is 7.97. The molecule has 0 saturated carbocycles. The van der Waals surface area contributed by atoms with E-state index >= 15 is 0 Å². The van der Waals surface area contributed by atoms with Crippen LogP contribution in [0.4, 0.5) is 4.39 Å². The Labute approximate surface area is 129 Å². The molecule has 0 aliphatic carbocycles. The second-order valence-corrected chi connectivity index (χ2v) is 6.22. The van der Waals surface area contributed by atoms with Crippen LogP contribution in [0.1, 0.15) is 35.8 Å². The van der Waals surface area contributed by atoms with Gasteiger partial charge in [0.25, 0.3) is 0 Å². The molecule has 0 radical (unpaired) electrons. The number of benzene rings is 1. The summed E-state index contributed by atoms with van der Waals surface area (Å²) in [5.74, 6) is 0.398. The van der Waals surface area contributed by atoms with E-state index in [2.05, 4.69) is 24.1 Å². The van der Waals surface area contributed by atoms with Crippen LogP contribution in [0.3, 0.4) is 0 Å². The zero-order valence-electron chi connectivity index (χ0n) is 12.6. The van der Waals surface area contributed by atoms with Crippen LogP contribution in [0.15, 0.2) is 24.3 Å². The molecule has 0 fully saturated rings. The molecule has 1 atom stereocenters. The summed E-state index contributed by atoms with van der Waals surface area (Å²) in [6, 6.07) is 6.54. The molecule has 0 aliphatic rings. The summed E-state index contributed by atoms with van der Waals surface area (Å²) >= 11 is 1.66. The molecule has 2 aromatic rings. The maximum absolute atomic E-state index is 12.8. The van der Waals surface area contributed by atoms with Crippen molar-refractivity contribution in [3.05, 3.63) is 45.7 Å². The van der Waals surface area contributed by atoms with Crippen molar-refractivity contribution in [3.63, 3.8) is 0 Å². The lowest BCUT2D eigenvalue weighted by Crippen LogP contribution is -2.24. The van der Waals surface area contributed by atoms with Gasteiger partial charge in [-0.05, 0) is 44.5 Å². The molecule has 0 saturated heterocycles. The average Bonchev–Trinajstić information content (AvgIpc) is 2.84. The molecule has 5 heteroatoms. The van der Waals surface area contributed by atoms with Crippen LogP contribution < -0.4 is 10.1 Å². The third-order valence-electron chi connectivity index (χ3n) is 3.34. The molecule has 1 N–H and O–H groups in total. The first-order chi connectivity index (χ1) is 10.1. The average molecular weight is 308 g/mol. The van der Waals surface area contributed by atoms with E-state index in [4.69, 9.17) is 4.74 Å². The highest BCUT2D eigenvalue weighted by atomic mass is 32.1. The Morgan fingerprint density at radius 3 is 2.71 bits per heavy atom. The highest BCUT2D eigenvalue weighted by Crippen LogP contribution is 2.20. The van der Waals surface area contributed by atoms with Gasteiger partial charge in [-0.1, -0.05) is 6.92 Å². The molecule has 0 amide bonds. The molecule has 0 spiro atoms. The summed E-state index contributed by atoms with van der Waals surface area (Å²) in [6.45, 7) is 7.62. The van der Waals surface area contributed by atoms with E-state index in [0.29, 0.717) is 18.4 Å². The predicted octanol–water partition coefficient (Wildman–Crippen LogP) is 4.06. The normalized spacial score (nSPS) is 12.4. The van der Waals surface area contributed by atoms with E-state index in [9.17, 15) is 4.39 Å². The van der Waals surface area contributed by atoms with E-state index in [1.165, 1.54) is 17.0 Å². The molecule has 1 heterocycles. The monoisotopic (exact) mass is 308 g/mol. The van der Waals surface area contributed by atoms with Crippen molar-refractivity contribution in [1.82, 2.24) is 10.3 Å². The van der Waals surface area contributed by atoms with E-state index in [1.54, 1.807) is 23.5 Å². The van der Waals surface area contributed by atoms with Gasteiger partial charge in [0.2, 0.25) is 0 Å². The summed E-state index contributed by atoms with van der Waals surface area (Å²) in [4.78, 5) is 5.77.